The van der Waals surface area contributed by atoms with Crippen LogP contribution in [0, 0.1) is 0 Å². The van der Waals surface area contributed by atoms with Gasteiger partial charge in [-0.05, 0) is 57.7 Å². The second kappa shape index (κ2) is 12.9. The SMILES string of the molecule is C=CCOC(=O)CCC(NC(=O)C1CCCN1C(=O)OC(C)(C)C)C(=O)Oc1ccc(CO)cc1. The molecular formula is C25H34N2O8. The van der Waals surface area contributed by atoms with Crippen molar-refractivity contribution in [3.8, 4) is 5.75 Å². The molecule has 0 aliphatic carbocycles. The van der Waals surface area contributed by atoms with Gasteiger partial charge in [-0.2, -0.15) is 0 Å². The van der Waals surface area contributed by atoms with Crippen LogP contribution in [0.3, 0.4) is 0 Å². The Balaban J connectivity index is 2.11. The van der Waals surface area contributed by atoms with Crippen molar-refractivity contribution < 1.29 is 38.5 Å². The van der Waals surface area contributed by atoms with E-state index >= 15 is 0 Å². The zero-order chi connectivity index (χ0) is 26.0. The molecule has 0 spiro atoms. The Morgan fingerprint density at radius 1 is 1.23 bits per heavy atom. The Morgan fingerprint density at radius 2 is 1.91 bits per heavy atom. The summed E-state index contributed by atoms with van der Waals surface area (Å²) in [5.74, 6) is -1.64. The van der Waals surface area contributed by atoms with Crippen molar-refractivity contribution in [2.24, 2.45) is 0 Å². The molecule has 0 aromatic heterocycles. The average Bonchev–Trinajstić information content (AvgIpc) is 3.30. The van der Waals surface area contributed by atoms with Gasteiger partial charge in [-0.15, -0.1) is 0 Å². The number of hydrogen-bond acceptors (Lipinski definition) is 8. The lowest BCUT2D eigenvalue weighted by Crippen LogP contribution is -2.52. The van der Waals surface area contributed by atoms with Crippen LogP contribution in [0.1, 0.15) is 52.0 Å². The summed E-state index contributed by atoms with van der Waals surface area (Å²) in [5.41, 5.74) is -0.0761. The zero-order valence-corrected chi connectivity index (χ0v) is 20.5. The third kappa shape index (κ3) is 9.05. The first-order valence-corrected chi connectivity index (χ1v) is 11.5. The monoisotopic (exact) mass is 490 g/mol. The molecule has 1 fully saturated rings. The van der Waals surface area contributed by atoms with Gasteiger partial charge in [0.25, 0.3) is 0 Å². The summed E-state index contributed by atoms with van der Waals surface area (Å²) in [6, 6.07) is 4.26. The molecule has 2 unspecified atom stereocenters. The molecular weight excluding hydrogens is 456 g/mol. The number of hydrogen-bond donors (Lipinski definition) is 2. The summed E-state index contributed by atoms with van der Waals surface area (Å²) >= 11 is 0. The molecule has 10 nitrogen and oxygen atoms in total. The largest absolute Gasteiger partial charge is 0.461 e. The van der Waals surface area contributed by atoms with E-state index in [0.29, 0.717) is 24.9 Å². The number of likely N-dealkylation sites (tertiary alicyclic amines) is 1. The van der Waals surface area contributed by atoms with Crippen LogP contribution in [0.2, 0.25) is 0 Å². The van der Waals surface area contributed by atoms with Crippen molar-refractivity contribution >= 4 is 23.9 Å². The Labute approximate surface area is 205 Å². The Bertz CT molecular complexity index is 907. The maximum absolute atomic E-state index is 13.1. The number of benzene rings is 1. The Morgan fingerprint density at radius 3 is 2.51 bits per heavy atom. The minimum absolute atomic E-state index is 0.0322. The number of nitrogens with zero attached hydrogens (tertiary/aromatic N) is 1. The molecule has 2 N–H and O–H groups in total. The zero-order valence-electron chi connectivity index (χ0n) is 20.5. The number of carbonyl (C=O) groups is 4. The number of rotatable bonds is 10. The molecule has 192 valence electrons. The minimum atomic E-state index is -1.16. The fourth-order valence-electron chi connectivity index (χ4n) is 3.43. The van der Waals surface area contributed by atoms with Crippen LogP contribution >= 0.6 is 0 Å². The Kier molecular flexibility index (Phi) is 10.3. The third-order valence-corrected chi connectivity index (χ3v) is 5.11. The quantitative estimate of drug-likeness (QED) is 0.291. The van der Waals surface area contributed by atoms with Crippen molar-refractivity contribution in [2.75, 3.05) is 13.2 Å². The standard InChI is InChI=1S/C25H34N2O8/c1-5-15-33-21(29)13-12-19(23(31)34-18-10-8-17(16-28)9-11-18)26-22(30)20-7-6-14-27(20)24(32)35-25(2,3)4/h5,8-11,19-20,28H,1,6-7,12-16H2,2-4H3,(H,26,30). The van der Waals surface area contributed by atoms with Crippen molar-refractivity contribution in [3.63, 3.8) is 0 Å². The van der Waals surface area contributed by atoms with E-state index < -0.39 is 41.6 Å². The van der Waals surface area contributed by atoms with E-state index in [1.54, 1.807) is 32.9 Å². The number of amides is 2. The summed E-state index contributed by atoms with van der Waals surface area (Å²) in [6.07, 6.45) is 1.64. The molecule has 0 saturated carbocycles. The molecule has 2 amide bonds. The first-order chi connectivity index (χ1) is 16.5. The molecule has 2 rings (SSSR count). The lowest BCUT2D eigenvalue weighted by Gasteiger charge is -2.29. The number of aliphatic hydroxyl groups is 1. The van der Waals surface area contributed by atoms with E-state index in [2.05, 4.69) is 11.9 Å². The van der Waals surface area contributed by atoms with E-state index in [9.17, 15) is 19.2 Å². The highest BCUT2D eigenvalue weighted by atomic mass is 16.6. The average molecular weight is 491 g/mol. The lowest BCUT2D eigenvalue weighted by molar-refractivity contribution is -0.144. The highest BCUT2D eigenvalue weighted by molar-refractivity contribution is 5.90. The molecule has 35 heavy (non-hydrogen) atoms. The van der Waals surface area contributed by atoms with E-state index in [4.69, 9.17) is 19.3 Å². The number of nitrogens with one attached hydrogen (secondary N) is 1. The summed E-state index contributed by atoms with van der Waals surface area (Å²) < 4.78 is 15.7. The van der Waals surface area contributed by atoms with Gasteiger partial charge in [-0.3, -0.25) is 14.5 Å². The second-order valence-corrected chi connectivity index (χ2v) is 9.13. The molecule has 1 aromatic carbocycles. The van der Waals surface area contributed by atoms with Crippen LogP contribution in [0.15, 0.2) is 36.9 Å². The van der Waals surface area contributed by atoms with Gasteiger partial charge < -0.3 is 24.6 Å². The van der Waals surface area contributed by atoms with Crippen LogP contribution in [0.5, 0.6) is 5.75 Å². The number of ether oxygens (including phenoxy) is 3. The maximum Gasteiger partial charge on any atom is 0.410 e. The van der Waals surface area contributed by atoms with Crippen molar-refractivity contribution in [1.29, 1.82) is 0 Å². The van der Waals surface area contributed by atoms with Gasteiger partial charge in [0.2, 0.25) is 5.91 Å². The summed E-state index contributed by atoms with van der Waals surface area (Å²) in [4.78, 5) is 51.8. The van der Waals surface area contributed by atoms with Gasteiger partial charge in [-0.1, -0.05) is 24.8 Å². The molecule has 1 aromatic rings. The molecule has 0 bridgehead atoms. The predicted molar refractivity (Wildman–Crippen MR) is 126 cm³/mol. The fraction of sp³-hybridized carbons (Fsp3) is 0.520. The van der Waals surface area contributed by atoms with Gasteiger partial charge in [0, 0.05) is 13.0 Å². The number of aliphatic hydroxyl groups excluding tert-OH is 1. The van der Waals surface area contributed by atoms with Gasteiger partial charge >= 0.3 is 18.0 Å². The van der Waals surface area contributed by atoms with E-state index in [-0.39, 0.29) is 31.8 Å². The van der Waals surface area contributed by atoms with Crippen LogP contribution in [-0.2, 0) is 30.5 Å². The normalized spacial score (nSPS) is 16.2. The molecule has 1 saturated heterocycles. The van der Waals surface area contributed by atoms with Crippen molar-refractivity contribution in [2.45, 2.75) is 70.7 Å². The molecule has 1 aliphatic rings. The molecule has 0 radical (unpaired) electrons. The number of carbonyl (C=O) groups excluding carboxylic acids is 4. The minimum Gasteiger partial charge on any atom is -0.461 e. The first kappa shape index (κ1) is 27.8. The molecule has 1 heterocycles. The fourth-order valence-corrected chi connectivity index (χ4v) is 3.43. The summed E-state index contributed by atoms with van der Waals surface area (Å²) in [7, 11) is 0. The molecule has 10 heteroatoms. The van der Waals surface area contributed by atoms with Gasteiger partial charge in [-0.25, -0.2) is 9.59 Å². The predicted octanol–water partition coefficient (Wildman–Crippen LogP) is 2.48. The molecule has 1 aliphatic heterocycles. The van der Waals surface area contributed by atoms with E-state index in [1.165, 1.54) is 23.1 Å². The summed E-state index contributed by atoms with van der Waals surface area (Å²) in [5, 5.41) is 11.8. The van der Waals surface area contributed by atoms with Crippen molar-refractivity contribution in [1.82, 2.24) is 10.2 Å². The van der Waals surface area contributed by atoms with E-state index in [1.807, 2.05) is 0 Å². The first-order valence-electron chi connectivity index (χ1n) is 11.5. The van der Waals surface area contributed by atoms with Crippen LogP contribution in [0.25, 0.3) is 0 Å². The maximum atomic E-state index is 13.1. The third-order valence-electron chi connectivity index (χ3n) is 5.11. The van der Waals surface area contributed by atoms with Crippen LogP contribution in [0.4, 0.5) is 4.79 Å². The molecule has 2 atom stereocenters. The van der Waals surface area contributed by atoms with Gasteiger partial charge in [0.05, 0.1) is 6.61 Å². The number of esters is 2. The second-order valence-electron chi connectivity index (χ2n) is 9.13. The summed E-state index contributed by atoms with van der Waals surface area (Å²) in [6.45, 7) is 8.91. The highest BCUT2D eigenvalue weighted by Crippen LogP contribution is 2.22. The van der Waals surface area contributed by atoms with Crippen LogP contribution < -0.4 is 10.1 Å². The topological polar surface area (TPSA) is 131 Å². The van der Waals surface area contributed by atoms with E-state index in [0.717, 1.165) is 0 Å². The lowest BCUT2D eigenvalue weighted by atomic mass is 10.1. The smallest absolute Gasteiger partial charge is 0.410 e. The van der Waals surface area contributed by atoms with Gasteiger partial charge in [0.15, 0.2) is 0 Å². The van der Waals surface area contributed by atoms with Crippen molar-refractivity contribution in [3.05, 3.63) is 42.5 Å². The Hall–Kier alpha value is -3.40. The van der Waals surface area contributed by atoms with Crippen LogP contribution in [-0.4, -0.2) is 64.8 Å². The highest BCUT2D eigenvalue weighted by Gasteiger charge is 2.38. The van der Waals surface area contributed by atoms with Gasteiger partial charge in [0.1, 0.15) is 30.0 Å².